The summed E-state index contributed by atoms with van der Waals surface area (Å²) in [7, 11) is 1.50. The van der Waals surface area contributed by atoms with Crippen molar-refractivity contribution in [3.8, 4) is 11.1 Å². The first-order valence-corrected chi connectivity index (χ1v) is 10.5. The van der Waals surface area contributed by atoms with Crippen molar-refractivity contribution in [1.29, 1.82) is 0 Å². The Kier molecular flexibility index (Phi) is 3.61. The number of carbonyl (C=O) groups is 1. The van der Waals surface area contributed by atoms with Gasteiger partial charge in [0.1, 0.15) is 0 Å². The molecule has 29 heavy (non-hydrogen) atoms. The monoisotopic (exact) mass is 381 g/mol. The van der Waals surface area contributed by atoms with E-state index in [-0.39, 0.29) is 17.8 Å². The van der Waals surface area contributed by atoms with Gasteiger partial charge in [0.05, 0.1) is 12.7 Å². The number of esters is 1. The van der Waals surface area contributed by atoms with Crippen LogP contribution >= 0.6 is 0 Å². The van der Waals surface area contributed by atoms with Gasteiger partial charge in [0.2, 0.25) is 0 Å². The highest BCUT2D eigenvalue weighted by Gasteiger charge is 2.51. The van der Waals surface area contributed by atoms with Crippen LogP contribution in [0.4, 0.5) is 5.69 Å². The van der Waals surface area contributed by atoms with E-state index >= 15 is 0 Å². The Labute approximate surface area is 171 Å². The molecule has 0 radical (unpaired) electrons. The summed E-state index contributed by atoms with van der Waals surface area (Å²) in [4.78, 5) is 15.5. The standard InChI is InChI=1S/C26H23NO2/c1-29-26(28)23-18-11-4-2-3-10-17(18)22-19-12-6-5-9-16-15-20(27-13-7-8-14-27)24(21(16)19)25(22)23/h2-6,9-12,15,22,25H,7-8,13-14H2,1H3. The summed E-state index contributed by atoms with van der Waals surface area (Å²) < 4.78 is 5.30. The normalized spacial score (nSPS) is 24.0. The molecule has 0 N–H and O–H groups in total. The van der Waals surface area contributed by atoms with E-state index in [1.54, 1.807) is 0 Å². The molecule has 0 amide bonds. The molecule has 0 aromatic rings. The average molecular weight is 381 g/mol. The molecule has 6 aliphatic rings. The molecular weight excluding hydrogens is 358 g/mol. The quantitative estimate of drug-likeness (QED) is 0.677. The van der Waals surface area contributed by atoms with Crippen molar-refractivity contribution in [2.75, 3.05) is 25.1 Å². The van der Waals surface area contributed by atoms with E-state index in [1.165, 1.54) is 53.5 Å². The van der Waals surface area contributed by atoms with Crippen LogP contribution in [-0.4, -0.2) is 26.2 Å². The molecule has 144 valence electrons. The van der Waals surface area contributed by atoms with Gasteiger partial charge in [-0.3, -0.25) is 0 Å². The Morgan fingerprint density at radius 1 is 1.07 bits per heavy atom. The van der Waals surface area contributed by atoms with Crippen LogP contribution in [0.5, 0.6) is 0 Å². The van der Waals surface area contributed by atoms with Crippen LogP contribution in [0.3, 0.4) is 0 Å². The predicted octanol–water partition coefficient (Wildman–Crippen LogP) is 5.11. The summed E-state index contributed by atoms with van der Waals surface area (Å²) in [5, 5.41) is 0. The molecule has 0 bridgehead atoms. The van der Waals surface area contributed by atoms with E-state index in [9.17, 15) is 4.79 Å². The number of methoxy groups -OCH3 is 1. The minimum atomic E-state index is -0.205. The summed E-state index contributed by atoms with van der Waals surface area (Å²) in [5.74, 6) is 0.00292. The van der Waals surface area contributed by atoms with E-state index in [1.807, 2.05) is 12.2 Å². The van der Waals surface area contributed by atoms with Gasteiger partial charge in [0, 0.05) is 30.6 Å². The minimum absolute atomic E-state index is 0.0327. The van der Waals surface area contributed by atoms with Crippen molar-refractivity contribution < 1.29 is 9.53 Å². The van der Waals surface area contributed by atoms with Crippen LogP contribution in [0.25, 0.3) is 11.1 Å². The summed E-state index contributed by atoms with van der Waals surface area (Å²) >= 11 is 0. The lowest BCUT2D eigenvalue weighted by Crippen LogP contribution is -2.20. The van der Waals surface area contributed by atoms with E-state index in [0.29, 0.717) is 0 Å². The molecular formula is C26H23NO2. The number of hydrogen-bond donors (Lipinski definition) is 0. The van der Waals surface area contributed by atoms with Crippen LogP contribution in [0, 0.1) is 0 Å². The maximum Gasteiger partial charge on any atom is 0.335 e. The van der Waals surface area contributed by atoms with E-state index in [2.05, 4.69) is 53.5 Å². The molecule has 0 saturated carbocycles. The third-order valence-electron chi connectivity index (χ3n) is 6.92. The SMILES string of the molecule is COC(=O)C1=C2C=CC=CC=C2C2c3ccccc4cc(N5CCCC5)c(c3-4)C12. The summed E-state index contributed by atoms with van der Waals surface area (Å²) in [6, 6.07) is 11.1. The van der Waals surface area contributed by atoms with Gasteiger partial charge >= 0.3 is 5.97 Å². The Morgan fingerprint density at radius 2 is 1.90 bits per heavy atom. The third-order valence-corrected chi connectivity index (χ3v) is 6.92. The van der Waals surface area contributed by atoms with Crippen molar-refractivity contribution >= 4 is 11.7 Å². The third kappa shape index (κ3) is 2.21. The molecule has 6 rings (SSSR count). The lowest BCUT2D eigenvalue weighted by atomic mass is 9.85. The number of fused-ring (bicyclic) bond motifs is 5. The maximum atomic E-state index is 13.0. The smallest absolute Gasteiger partial charge is 0.335 e. The molecule has 2 atom stereocenters. The van der Waals surface area contributed by atoms with Crippen molar-refractivity contribution in [2.45, 2.75) is 24.7 Å². The van der Waals surface area contributed by atoms with Gasteiger partial charge in [0.15, 0.2) is 0 Å². The Morgan fingerprint density at radius 3 is 2.72 bits per heavy atom. The largest absolute Gasteiger partial charge is 0.466 e. The molecule has 0 aromatic heterocycles. The highest BCUT2D eigenvalue weighted by molar-refractivity contribution is 6.01. The molecule has 2 unspecified atom stereocenters. The highest BCUT2D eigenvalue weighted by atomic mass is 16.5. The van der Waals surface area contributed by atoms with Gasteiger partial charge in [-0.2, -0.15) is 0 Å². The van der Waals surface area contributed by atoms with E-state index in [4.69, 9.17) is 4.74 Å². The van der Waals surface area contributed by atoms with E-state index < -0.39 is 0 Å². The number of carbonyl (C=O) groups excluding carboxylic acids is 1. The average Bonchev–Trinajstić information content (AvgIpc) is 3.43. The molecule has 3 nitrogen and oxygen atoms in total. The van der Waals surface area contributed by atoms with Crippen LogP contribution in [0.15, 0.2) is 77.4 Å². The molecule has 1 aliphatic heterocycles. The fraction of sp³-hybridized carbons (Fsp3) is 0.269. The molecule has 1 saturated heterocycles. The van der Waals surface area contributed by atoms with Crippen molar-refractivity contribution in [1.82, 2.24) is 0 Å². The van der Waals surface area contributed by atoms with Crippen LogP contribution in [0.2, 0.25) is 0 Å². The molecule has 0 spiro atoms. The molecule has 1 heterocycles. The predicted molar refractivity (Wildman–Crippen MR) is 115 cm³/mol. The van der Waals surface area contributed by atoms with Gasteiger partial charge in [-0.05, 0) is 52.3 Å². The zero-order valence-electron chi connectivity index (χ0n) is 16.5. The Hall–Kier alpha value is -3.07. The van der Waals surface area contributed by atoms with Crippen LogP contribution in [0.1, 0.15) is 35.8 Å². The number of nitrogens with zero attached hydrogens (tertiary/aromatic N) is 1. The number of ether oxygens (including phenoxy) is 1. The molecule has 0 aromatic carbocycles. The number of rotatable bonds is 2. The second-order valence-corrected chi connectivity index (χ2v) is 8.28. The van der Waals surface area contributed by atoms with Crippen LogP contribution in [-0.2, 0) is 9.53 Å². The molecule has 1 fully saturated rings. The van der Waals surface area contributed by atoms with Crippen LogP contribution < -0.4 is 4.90 Å². The fourth-order valence-corrected chi connectivity index (χ4v) is 5.83. The van der Waals surface area contributed by atoms with Gasteiger partial charge in [-0.1, -0.05) is 54.6 Å². The van der Waals surface area contributed by atoms with Crippen molar-refractivity contribution in [3.63, 3.8) is 0 Å². The number of hydrogen-bond acceptors (Lipinski definition) is 3. The topological polar surface area (TPSA) is 29.5 Å². The van der Waals surface area contributed by atoms with E-state index in [0.717, 1.165) is 24.2 Å². The summed E-state index contributed by atoms with van der Waals surface area (Å²) in [6.07, 6.45) is 12.9. The van der Waals surface area contributed by atoms with Crippen molar-refractivity contribution in [3.05, 3.63) is 88.6 Å². The zero-order valence-corrected chi connectivity index (χ0v) is 16.5. The van der Waals surface area contributed by atoms with Crippen molar-refractivity contribution in [2.24, 2.45) is 0 Å². The first kappa shape index (κ1) is 16.8. The maximum absolute atomic E-state index is 13.0. The first-order chi connectivity index (χ1) is 14.3. The Balaban J connectivity index is 1.66. The van der Waals surface area contributed by atoms with Gasteiger partial charge in [-0.15, -0.1) is 0 Å². The molecule has 5 aliphatic carbocycles. The van der Waals surface area contributed by atoms with Gasteiger partial charge in [0.25, 0.3) is 0 Å². The number of anilines is 1. The lowest BCUT2D eigenvalue weighted by Gasteiger charge is -2.23. The lowest BCUT2D eigenvalue weighted by molar-refractivity contribution is -0.136. The zero-order chi connectivity index (χ0) is 19.5. The van der Waals surface area contributed by atoms with Gasteiger partial charge in [-0.25, -0.2) is 4.79 Å². The Bertz CT molecular complexity index is 1130. The highest BCUT2D eigenvalue weighted by Crippen LogP contribution is 2.64. The molecule has 3 heteroatoms. The van der Waals surface area contributed by atoms with Gasteiger partial charge < -0.3 is 9.64 Å². The fourth-order valence-electron chi connectivity index (χ4n) is 5.83. The second kappa shape index (κ2) is 6.21. The summed E-state index contributed by atoms with van der Waals surface area (Å²) in [5.41, 5.74) is 9.69. The second-order valence-electron chi connectivity index (χ2n) is 8.28. The minimum Gasteiger partial charge on any atom is -0.466 e. The summed E-state index contributed by atoms with van der Waals surface area (Å²) in [6.45, 7) is 2.19. The number of allylic oxidation sites excluding steroid dienone is 7. The first-order valence-electron chi connectivity index (χ1n) is 10.5.